The summed E-state index contributed by atoms with van der Waals surface area (Å²) in [6.07, 6.45) is 0. The molecular formula is C14H22FN3O2. The highest BCUT2D eigenvalue weighted by Gasteiger charge is 2.15. The number of hydrogen-bond donors (Lipinski definition) is 3. The van der Waals surface area contributed by atoms with Crippen LogP contribution in [0.3, 0.4) is 0 Å². The molecule has 4 N–H and O–H groups in total. The number of ether oxygens (including phenoxy) is 1. The number of hydrogen-bond acceptors (Lipinski definition) is 4. The average Bonchev–Trinajstić information content (AvgIpc) is 2.43. The molecule has 0 aliphatic carbocycles. The first-order chi connectivity index (χ1) is 9.51. The Bertz CT molecular complexity index is 464. The Kier molecular flexibility index (Phi) is 6.41. The maximum Gasteiger partial charge on any atom is 0.173 e. The lowest BCUT2D eigenvalue weighted by molar-refractivity contribution is 0.146. The van der Waals surface area contributed by atoms with Crippen LogP contribution in [-0.2, 0) is 11.3 Å². The SMILES string of the molecule is COCC(NCc1cccc(/C(N)=N/O)c1F)C(C)C. The molecule has 112 valence electrons. The Morgan fingerprint density at radius 1 is 1.50 bits per heavy atom. The third-order valence-corrected chi connectivity index (χ3v) is 3.17. The third kappa shape index (κ3) is 4.18. The molecule has 0 saturated heterocycles. The van der Waals surface area contributed by atoms with Gasteiger partial charge in [0.15, 0.2) is 5.84 Å². The summed E-state index contributed by atoms with van der Waals surface area (Å²) in [7, 11) is 1.64. The summed E-state index contributed by atoms with van der Waals surface area (Å²) in [6.45, 7) is 5.05. The van der Waals surface area contributed by atoms with Gasteiger partial charge in [0.05, 0.1) is 12.2 Å². The molecule has 0 amide bonds. The lowest BCUT2D eigenvalue weighted by Crippen LogP contribution is -2.37. The minimum atomic E-state index is -0.477. The smallest absolute Gasteiger partial charge is 0.173 e. The second kappa shape index (κ2) is 7.81. The van der Waals surface area contributed by atoms with Gasteiger partial charge in [-0.15, -0.1) is 0 Å². The minimum Gasteiger partial charge on any atom is -0.409 e. The van der Waals surface area contributed by atoms with Gasteiger partial charge in [-0.3, -0.25) is 0 Å². The maximum absolute atomic E-state index is 14.2. The Morgan fingerprint density at radius 2 is 2.20 bits per heavy atom. The van der Waals surface area contributed by atoms with Gasteiger partial charge in [-0.05, 0) is 12.0 Å². The molecule has 1 atom stereocenters. The van der Waals surface area contributed by atoms with Gasteiger partial charge >= 0.3 is 0 Å². The van der Waals surface area contributed by atoms with Crippen LogP contribution in [-0.4, -0.2) is 30.8 Å². The van der Waals surface area contributed by atoms with Crippen LogP contribution >= 0.6 is 0 Å². The van der Waals surface area contributed by atoms with Gasteiger partial charge in [-0.1, -0.05) is 31.1 Å². The van der Waals surface area contributed by atoms with Crippen LogP contribution in [0, 0.1) is 11.7 Å². The lowest BCUT2D eigenvalue weighted by Gasteiger charge is -2.22. The van der Waals surface area contributed by atoms with E-state index in [1.165, 1.54) is 6.07 Å². The number of nitrogens with zero attached hydrogens (tertiary/aromatic N) is 1. The summed E-state index contributed by atoms with van der Waals surface area (Å²) in [6, 6.07) is 4.95. The number of methoxy groups -OCH3 is 1. The Hall–Kier alpha value is -1.66. The minimum absolute atomic E-state index is 0.0969. The number of nitrogens with two attached hydrogens (primary N) is 1. The zero-order valence-corrected chi connectivity index (χ0v) is 12.1. The largest absolute Gasteiger partial charge is 0.409 e. The fourth-order valence-corrected chi connectivity index (χ4v) is 1.88. The van der Waals surface area contributed by atoms with Crippen molar-refractivity contribution in [2.75, 3.05) is 13.7 Å². The Morgan fingerprint density at radius 3 is 2.75 bits per heavy atom. The summed E-state index contributed by atoms with van der Waals surface area (Å²) in [5.41, 5.74) is 6.00. The zero-order chi connectivity index (χ0) is 15.1. The van der Waals surface area contributed by atoms with Crippen molar-refractivity contribution in [2.45, 2.75) is 26.4 Å². The van der Waals surface area contributed by atoms with Crippen molar-refractivity contribution >= 4 is 5.84 Å². The monoisotopic (exact) mass is 283 g/mol. The molecule has 20 heavy (non-hydrogen) atoms. The van der Waals surface area contributed by atoms with Crippen molar-refractivity contribution in [3.8, 4) is 0 Å². The molecule has 5 nitrogen and oxygen atoms in total. The molecule has 0 heterocycles. The van der Waals surface area contributed by atoms with E-state index in [1.54, 1.807) is 19.2 Å². The number of oxime groups is 1. The molecule has 0 spiro atoms. The van der Waals surface area contributed by atoms with Gasteiger partial charge < -0.3 is 21.0 Å². The molecule has 1 aromatic rings. The molecule has 6 heteroatoms. The van der Waals surface area contributed by atoms with Crippen molar-refractivity contribution in [3.63, 3.8) is 0 Å². The number of nitrogens with one attached hydrogen (secondary N) is 1. The summed E-state index contributed by atoms with van der Waals surface area (Å²) in [5, 5.41) is 14.7. The molecule has 0 fully saturated rings. The molecule has 0 radical (unpaired) electrons. The van der Waals surface area contributed by atoms with Gasteiger partial charge in [0.2, 0.25) is 0 Å². The molecule has 1 rings (SSSR count). The van der Waals surface area contributed by atoms with E-state index in [4.69, 9.17) is 15.7 Å². The quantitative estimate of drug-likeness (QED) is 0.308. The van der Waals surface area contributed by atoms with Crippen LogP contribution in [0.5, 0.6) is 0 Å². The summed E-state index contributed by atoms with van der Waals surface area (Å²) in [4.78, 5) is 0. The highest BCUT2D eigenvalue weighted by atomic mass is 19.1. The molecule has 1 unspecified atom stereocenters. The predicted octanol–water partition coefficient (Wildman–Crippen LogP) is 1.68. The van der Waals surface area contributed by atoms with Crippen molar-refractivity contribution in [1.82, 2.24) is 5.32 Å². The van der Waals surface area contributed by atoms with Crippen molar-refractivity contribution in [2.24, 2.45) is 16.8 Å². The average molecular weight is 283 g/mol. The first-order valence-corrected chi connectivity index (χ1v) is 6.48. The van der Waals surface area contributed by atoms with E-state index in [1.807, 2.05) is 0 Å². The van der Waals surface area contributed by atoms with Gasteiger partial charge in [0, 0.05) is 25.3 Å². The van der Waals surface area contributed by atoms with Gasteiger partial charge in [0.1, 0.15) is 5.82 Å². The number of amidine groups is 1. The summed E-state index contributed by atoms with van der Waals surface area (Å²) >= 11 is 0. The van der Waals surface area contributed by atoms with Crippen LogP contribution in [0.15, 0.2) is 23.4 Å². The number of halogens is 1. The fourth-order valence-electron chi connectivity index (χ4n) is 1.88. The normalized spacial score (nSPS) is 13.8. The third-order valence-electron chi connectivity index (χ3n) is 3.17. The highest BCUT2D eigenvalue weighted by molar-refractivity contribution is 5.97. The lowest BCUT2D eigenvalue weighted by atomic mass is 10.0. The van der Waals surface area contributed by atoms with Crippen LogP contribution in [0.4, 0.5) is 4.39 Å². The topological polar surface area (TPSA) is 79.9 Å². The van der Waals surface area contributed by atoms with E-state index in [0.717, 1.165) is 0 Å². The summed E-state index contributed by atoms with van der Waals surface area (Å²) < 4.78 is 19.3. The first-order valence-electron chi connectivity index (χ1n) is 6.48. The van der Waals surface area contributed by atoms with Crippen LogP contribution in [0.25, 0.3) is 0 Å². The second-order valence-corrected chi connectivity index (χ2v) is 4.95. The molecule has 0 saturated carbocycles. The molecular weight excluding hydrogens is 261 g/mol. The zero-order valence-electron chi connectivity index (χ0n) is 12.1. The Labute approximate surface area is 118 Å². The second-order valence-electron chi connectivity index (χ2n) is 4.95. The fraction of sp³-hybridized carbons (Fsp3) is 0.500. The van der Waals surface area contributed by atoms with Gasteiger partial charge in [0.25, 0.3) is 0 Å². The maximum atomic E-state index is 14.2. The molecule has 0 bridgehead atoms. The van der Waals surface area contributed by atoms with Gasteiger partial charge in [-0.25, -0.2) is 4.39 Å². The van der Waals surface area contributed by atoms with E-state index < -0.39 is 5.82 Å². The summed E-state index contributed by atoms with van der Waals surface area (Å²) in [5.74, 6) is -0.345. The van der Waals surface area contributed by atoms with E-state index in [0.29, 0.717) is 24.6 Å². The van der Waals surface area contributed by atoms with Crippen molar-refractivity contribution in [1.29, 1.82) is 0 Å². The van der Waals surface area contributed by atoms with Crippen molar-refractivity contribution < 1.29 is 14.3 Å². The Balaban J connectivity index is 2.83. The van der Waals surface area contributed by atoms with Crippen LogP contribution in [0.2, 0.25) is 0 Å². The number of benzene rings is 1. The van der Waals surface area contributed by atoms with Gasteiger partial charge in [-0.2, -0.15) is 0 Å². The standard InChI is InChI=1S/C14H22FN3O2/c1-9(2)12(8-20-3)17-7-10-5-4-6-11(13(10)15)14(16)18-19/h4-6,9,12,17,19H,7-8H2,1-3H3,(H2,16,18). The van der Waals surface area contributed by atoms with E-state index in [9.17, 15) is 4.39 Å². The highest BCUT2D eigenvalue weighted by Crippen LogP contribution is 2.13. The molecule has 0 aliphatic rings. The van der Waals surface area contributed by atoms with E-state index >= 15 is 0 Å². The van der Waals surface area contributed by atoms with E-state index in [2.05, 4.69) is 24.3 Å². The predicted molar refractivity (Wildman–Crippen MR) is 76.3 cm³/mol. The number of rotatable bonds is 7. The molecule has 0 aliphatic heterocycles. The van der Waals surface area contributed by atoms with Crippen molar-refractivity contribution in [3.05, 3.63) is 35.1 Å². The molecule has 1 aromatic carbocycles. The van der Waals surface area contributed by atoms with E-state index in [-0.39, 0.29) is 17.4 Å². The van der Waals surface area contributed by atoms with Crippen LogP contribution in [0.1, 0.15) is 25.0 Å². The van der Waals surface area contributed by atoms with Crippen LogP contribution < -0.4 is 11.1 Å². The first kappa shape index (κ1) is 16.4. The molecule has 0 aromatic heterocycles.